The van der Waals surface area contributed by atoms with Gasteiger partial charge in [0.25, 0.3) is 0 Å². The van der Waals surface area contributed by atoms with Crippen molar-refractivity contribution in [1.82, 2.24) is 0 Å². The smallest absolute Gasteiger partial charge is 0.338 e. The largest absolute Gasteiger partial charge is 0.478 e. The molecule has 0 bridgehead atoms. The molecule has 0 spiro atoms. The van der Waals surface area contributed by atoms with Gasteiger partial charge in [0.05, 0.1) is 0 Å². The van der Waals surface area contributed by atoms with Gasteiger partial charge in [-0.1, -0.05) is 0 Å². The molecule has 5 heteroatoms. The Hall–Kier alpha value is -1.78. The van der Waals surface area contributed by atoms with Gasteiger partial charge in [-0.2, -0.15) is 0 Å². The summed E-state index contributed by atoms with van der Waals surface area (Å²) in [5.41, 5.74) is 0. The standard InChI is InChI=1S/C6H4O5/c7-4(8)1-2-5(9)11-6-3-10-6/h1-3H,(H,7,8)/b2-1-. The molecule has 0 radical (unpaired) electrons. The first-order chi connectivity index (χ1) is 5.18. The Bertz CT molecular complexity index is 250. The summed E-state index contributed by atoms with van der Waals surface area (Å²) in [7, 11) is 0. The van der Waals surface area contributed by atoms with Gasteiger partial charge in [0.2, 0.25) is 0 Å². The fourth-order valence-corrected chi connectivity index (χ4v) is 0.345. The van der Waals surface area contributed by atoms with E-state index in [1.54, 1.807) is 0 Å². The maximum atomic E-state index is 10.5. The number of rotatable bonds is 3. The van der Waals surface area contributed by atoms with Crippen LogP contribution in [0.2, 0.25) is 0 Å². The molecule has 1 aliphatic rings. The second-order valence-corrected chi connectivity index (χ2v) is 1.65. The topological polar surface area (TPSA) is 76.1 Å². The fourth-order valence-electron chi connectivity index (χ4n) is 0.345. The number of carbonyl (C=O) groups is 2. The lowest BCUT2D eigenvalue weighted by Crippen LogP contribution is -1.97. The van der Waals surface area contributed by atoms with Crippen LogP contribution in [0.3, 0.4) is 0 Å². The molecule has 1 rings (SSSR count). The van der Waals surface area contributed by atoms with E-state index in [-0.39, 0.29) is 5.95 Å². The number of carboxylic acid groups (broad SMARTS) is 1. The summed E-state index contributed by atoms with van der Waals surface area (Å²) in [6, 6.07) is 0. The third kappa shape index (κ3) is 3.04. The molecule has 1 aliphatic heterocycles. The average molecular weight is 156 g/mol. The molecule has 0 aromatic carbocycles. The van der Waals surface area contributed by atoms with Gasteiger partial charge in [0.1, 0.15) is 0 Å². The zero-order valence-corrected chi connectivity index (χ0v) is 5.31. The van der Waals surface area contributed by atoms with Gasteiger partial charge < -0.3 is 14.6 Å². The average Bonchev–Trinajstić information content (AvgIpc) is 2.67. The molecule has 1 heterocycles. The van der Waals surface area contributed by atoms with E-state index in [0.717, 1.165) is 6.08 Å². The van der Waals surface area contributed by atoms with Gasteiger partial charge in [-0.25, -0.2) is 9.59 Å². The lowest BCUT2D eigenvalue weighted by molar-refractivity contribution is -0.136. The third-order valence-electron chi connectivity index (χ3n) is 0.777. The van der Waals surface area contributed by atoms with Crippen molar-refractivity contribution in [2.45, 2.75) is 0 Å². The van der Waals surface area contributed by atoms with Gasteiger partial charge in [-0.3, -0.25) is 0 Å². The first-order valence-electron chi connectivity index (χ1n) is 2.68. The summed E-state index contributed by atoms with van der Waals surface area (Å²) < 4.78 is 8.71. The molecule has 5 nitrogen and oxygen atoms in total. The predicted molar refractivity (Wildman–Crippen MR) is 32.0 cm³/mol. The quantitative estimate of drug-likeness (QED) is 0.459. The minimum atomic E-state index is -1.20. The number of esters is 1. The van der Waals surface area contributed by atoms with E-state index >= 15 is 0 Å². The van der Waals surface area contributed by atoms with Crippen molar-refractivity contribution >= 4 is 11.9 Å². The molecule has 0 aliphatic carbocycles. The Balaban J connectivity index is 2.29. The Kier molecular flexibility index (Phi) is 1.91. The molecule has 0 amide bonds. The zero-order chi connectivity index (χ0) is 8.27. The van der Waals surface area contributed by atoms with Gasteiger partial charge in [0, 0.05) is 12.2 Å². The van der Waals surface area contributed by atoms with E-state index in [9.17, 15) is 9.59 Å². The highest BCUT2D eigenvalue weighted by Crippen LogP contribution is 2.14. The Morgan fingerprint density at radius 3 is 2.64 bits per heavy atom. The van der Waals surface area contributed by atoms with Crippen LogP contribution in [0.4, 0.5) is 0 Å². The number of hydrogen-bond donors (Lipinski definition) is 1. The van der Waals surface area contributed by atoms with Gasteiger partial charge in [-0.05, 0) is 0 Å². The number of hydrogen-bond acceptors (Lipinski definition) is 4. The van der Waals surface area contributed by atoms with Crippen LogP contribution in [-0.2, 0) is 19.1 Å². The minimum Gasteiger partial charge on any atom is -0.478 e. The van der Waals surface area contributed by atoms with Crippen LogP contribution in [0.25, 0.3) is 0 Å². The van der Waals surface area contributed by atoms with Crippen LogP contribution >= 0.6 is 0 Å². The summed E-state index contributed by atoms with van der Waals surface area (Å²) in [4.78, 5) is 20.4. The third-order valence-corrected chi connectivity index (χ3v) is 0.777. The zero-order valence-electron chi connectivity index (χ0n) is 5.31. The van der Waals surface area contributed by atoms with Crippen LogP contribution in [0, 0.1) is 0 Å². The predicted octanol–water partition coefficient (Wildman–Crippen LogP) is -0.000500. The Morgan fingerprint density at radius 1 is 1.55 bits per heavy atom. The maximum absolute atomic E-state index is 10.5. The second kappa shape index (κ2) is 2.87. The van der Waals surface area contributed by atoms with Gasteiger partial charge in [-0.15, -0.1) is 0 Å². The molecule has 0 aromatic rings. The molecule has 0 atom stereocenters. The summed E-state index contributed by atoms with van der Waals surface area (Å²) in [6.07, 6.45) is 2.71. The van der Waals surface area contributed by atoms with Crippen molar-refractivity contribution in [1.29, 1.82) is 0 Å². The van der Waals surface area contributed by atoms with E-state index in [0.29, 0.717) is 6.08 Å². The number of carbonyl (C=O) groups excluding carboxylic acids is 1. The van der Waals surface area contributed by atoms with E-state index < -0.39 is 11.9 Å². The van der Waals surface area contributed by atoms with Crippen LogP contribution in [0.1, 0.15) is 0 Å². The Morgan fingerprint density at radius 2 is 2.18 bits per heavy atom. The van der Waals surface area contributed by atoms with Gasteiger partial charge in [0.15, 0.2) is 6.26 Å². The van der Waals surface area contributed by atoms with Crippen molar-refractivity contribution in [3.05, 3.63) is 24.4 Å². The summed E-state index contributed by atoms with van der Waals surface area (Å²) in [6.45, 7) is 0. The first-order valence-corrected chi connectivity index (χ1v) is 2.68. The van der Waals surface area contributed by atoms with Crippen molar-refractivity contribution in [2.75, 3.05) is 0 Å². The monoisotopic (exact) mass is 156 g/mol. The SMILES string of the molecule is O=C(O)/C=C\C(=O)OC1=CO1. The lowest BCUT2D eigenvalue weighted by atomic mass is 10.5. The highest BCUT2D eigenvalue weighted by molar-refractivity contribution is 5.91. The summed E-state index contributed by atoms with van der Waals surface area (Å²) in [5, 5.41) is 8.07. The molecule has 11 heavy (non-hydrogen) atoms. The highest BCUT2D eigenvalue weighted by Gasteiger charge is 2.14. The molecule has 0 aromatic heterocycles. The number of aliphatic carboxylic acids is 1. The second-order valence-electron chi connectivity index (χ2n) is 1.65. The van der Waals surface area contributed by atoms with Crippen molar-refractivity contribution in [3.63, 3.8) is 0 Å². The highest BCUT2D eigenvalue weighted by atomic mass is 16.7. The van der Waals surface area contributed by atoms with E-state index in [4.69, 9.17) is 5.11 Å². The molecule has 58 valence electrons. The molecule has 1 N–H and O–H groups in total. The van der Waals surface area contributed by atoms with Crippen LogP contribution < -0.4 is 0 Å². The molecule has 0 unspecified atom stereocenters. The molecule has 0 saturated heterocycles. The van der Waals surface area contributed by atoms with E-state index in [1.165, 1.54) is 6.26 Å². The summed E-state index contributed by atoms with van der Waals surface area (Å²) >= 11 is 0. The van der Waals surface area contributed by atoms with Crippen LogP contribution in [0.15, 0.2) is 24.4 Å². The number of ether oxygens (including phenoxy) is 2. The first kappa shape index (κ1) is 7.33. The molecule has 0 fully saturated rings. The van der Waals surface area contributed by atoms with Crippen molar-refractivity contribution in [2.24, 2.45) is 0 Å². The van der Waals surface area contributed by atoms with Gasteiger partial charge >= 0.3 is 17.9 Å². The molecular weight excluding hydrogens is 152 g/mol. The van der Waals surface area contributed by atoms with Crippen LogP contribution in [0.5, 0.6) is 0 Å². The van der Waals surface area contributed by atoms with Crippen molar-refractivity contribution < 1.29 is 24.2 Å². The Labute approximate surface area is 61.5 Å². The number of carboxylic acids is 1. The maximum Gasteiger partial charge on any atom is 0.338 e. The molecule has 0 saturated carbocycles. The summed E-state index contributed by atoms with van der Waals surface area (Å²) in [5.74, 6) is -1.87. The van der Waals surface area contributed by atoms with Crippen molar-refractivity contribution in [3.8, 4) is 0 Å². The minimum absolute atomic E-state index is 0.102. The molecular formula is C6H4O5. The lowest BCUT2D eigenvalue weighted by Gasteiger charge is -1.87. The normalized spacial score (nSPS) is 13.6. The fraction of sp³-hybridized carbons (Fsp3) is 0. The van der Waals surface area contributed by atoms with Crippen LogP contribution in [-0.4, -0.2) is 17.0 Å². The van der Waals surface area contributed by atoms with E-state index in [2.05, 4.69) is 9.47 Å². The van der Waals surface area contributed by atoms with E-state index in [1.807, 2.05) is 0 Å².